The Morgan fingerprint density at radius 3 is 1.49 bits per heavy atom. The highest BCUT2D eigenvalue weighted by atomic mass is 127. The second-order valence-corrected chi connectivity index (χ2v) is 22.7. The highest BCUT2D eigenvalue weighted by Gasteiger charge is 2.50. The normalized spacial score (nSPS) is 24.0. The van der Waals surface area contributed by atoms with E-state index >= 15 is 0 Å². The average molecular weight is 1280 g/mol. The van der Waals surface area contributed by atoms with E-state index < -0.39 is 60.9 Å². The van der Waals surface area contributed by atoms with Gasteiger partial charge in [0.25, 0.3) is 11.8 Å². The van der Waals surface area contributed by atoms with E-state index in [-0.39, 0.29) is 54.0 Å². The van der Waals surface area contributed by atoms with Crippen LogP contribution in [0.3, 0.4) is 0 Å². The molecule has 0 spiro atoms. The topological polar surface area (TPSA) is 356 Å². The van der Waals surface area contributed by atoms with E-state index in [1.165, 1.54) is 21.8 Å². The zero-order valence-corrected chi connectivity index (χ0v) is 48.5. The molecule has 6 aliphatic rings. The van der Waals surface area contributed by atoms with Gasteiger partial charge in [-0.2, -0.15) is 0 Å². The number of terminal acetylenes is 1. The number of likely N-dealkylation sites (tertiary alicyclic amines) is 2. The molecule has 6 fully saturated rings. The van der Waals surface area contributed by atoms with E-state index in [0.717, 1.165) is 82.0 Å². The van der Waals surface area contributed by atoms with Crippen molar-refractivity contribution in [2.24, 2.45) is 11.8 Å². The van der Waals surface area contributed by atoms with Crippen molar-refractivity contribution in [3.8, 4) is 24.2 Å². The zero-order valence-electron chi connectivity index (χ0n) is 46.3. The molecular weight excluding hydrogens is 1210 g/mol. The van der Waals surface area contributed by atoms with Crippen molar-refractivity contribution >= 4 is 80.6 Å². The lowest BCUT2D eigenvalue weighted by Crippen LogP contribution is -2.43. The number of ether oxygens (including phenoxy) is 4. The fraction of sp³-hybridized carbons (Fsp3) is 0.483. The Morgan fingerprint density at radius 2 is 1.05 bits per heavy atom. The molecule has 0 radical (unpaired) electrons. The number of nitrogen functional groups attached to an aromatic ring is 2. The van der Waals surface area contributed by atoms with Crippen LogP contribution >= 0.6 is 22.6 Å². The molecule has 2 unspecified atom stereocenters. The first-order valence-corrected chi connectivity index (χ1v) is 29.3. The largest absolute Gasteiger partial charge is 0.445 e. The standard InChI is InChI=1S/C29H33N7O6.C16H19NO2.C13H15IN6O4/c30-25-21-26(36(16-31-21)28-23(38)22(37)24(42-28)27(39)32-19-9-10-19)34-20(33-25)8-4-7-17-11-13-35(14-12-17)29(40)41-15-18-5-2-1-3-6-18;1-2-6-14-9-11-17(12-10-14)16(18)19-13-15-7-4-3-5-8-15;14-13-18-9(15)5-10(19-13)20(3-16-5)12-7(22)6(21)8(24-12)11(23)17-4-1-2-4/h1-3,5-6,16-17,19,22-24,28,37-38H,7,9-15H2,(H,32,39)(H2,30,33,34);1,3-5,7-8,14H,6,9-13H2;3-4,6-8,12,21-22H,1-2H2,(H,17,23)(H2,15,18,19)/t22?,23-,24-,28+;;6?,7-,8-,12+/m0.0/s1. The number of nitrogens with zero attached hydrogens (tertiary/aromatic N) is 10. The van der Waals surface area contributed by atoms with Gasteiger partial charge in [-0.05, 0) is 80.2 Å². The fourth-order valence-corrected chi connectivity index (χ4v) is 10.7. The van der Waals surface area contributed by atoms with Crippen LogP contribution in [0, 0.1) is 39.9 Å². The summed E-state index contributed by atoms with van der Waals surface area (Å²) in [7, 11) is 0. The van der Waals surface area contributed by atoms with Gasteiger partial charge in [-0.15, -0.1) is 12.3 Å². The molecule has 6 aromatic rings. The van der Waals surface area contributed by atoms with Crippen LogP contribution < -0.4 is 22.1 Å². The number of rotatable bonds is 12. The number of fused-ring (bicyclic) bond motifs is 2. The van der Waals surface area contributed by atoms with E-state index in [2.05, 4.69) is 58.3 Å². The number of amides is 4. The molecule has 27 heteroatoms. The second-order valence-electron chi connectivity index (χ2n) is 21.7. The minimum atomic E-state index is -1.42. The molecule has 12 rings (SSSR count). The first-order chi connectivity index (χ1) is 41.1. The van der Waals surface area contributed by atoms with Crippen LogP contribution in [0.25, 0.3) is 22.3 Å². The third-order valence-electron chi connectivity index (χ3n) is 15.4. The number of aliphatic hydroxyl groups excluding tert-OH is 4. The second kappa shape index (κ2) is 27.5. The quantitative estimate of drug-likeness (QED) is 0.0496. The maximum Gasteiger partial charge on any atom is 0.410 e. The molecule has 85 heavy (non-hydrogen) atoms. The van der Waals surface area contributed by atoms with Gasteiger partial charge in [0.15, 0.2) is 51.4 Å². The van der Waals surface area contributed by atoms with Gasteiger partial charge in [0.2, 0.25) is 5.82 Å². The summed E-state index contributed by atoms with van der Waals surface area (Å²) < 4.78 is 25.4. The van der Waals surface area contributed by atoms with Gasteiger partial charge in [-0.1, -0.05) is 66.6 Å². The Hall–Kier alpha value is -7.77. The molecule has 2 saturated carbocycles. The number of hydrogen-bond donors (Lipinski definition) is 8. The number of benzene rings is 2. The number of carbonyl (C=O) groups excluding carboxylic acids is 4. The van der Waals surface area contributed by atoms with Crippen LogP contribution in [0.1, 0.15) is 93.6 Å². The lowest BCUT2D eigenvalue weighted by molar-refractivity contribution is -0.138. The monoisotopic (exact) mass is 1280 g/mol. The molecule has 2 aliphatic carbocycles. The average Bonchev–Trinajstić information content (AvgIpc) is 3.34. The highest BCUT2D eigenvalue weighted by Crippen LogP contribution is 2.35. The van der Waals surface area contributed by atoms with Crippen molar-refractivity contribution in [3.05, 3.63) is 94.1 Å². The van der Waals surface area contributed by atoms with Crippen molar-refractivity contribution in [1.29, 1.82) is 0 Å². The van der Waals surface area contributed by atoms with Crippen LogP contribution in [-0.2, 0) is 41.8 Å². The smallest absolute Gasteiger partial charge is 0.410 e. The first-order valence-electron chi connectivity index (χ1n) is 28.3. The molecule has 8 atom stereocenters. The Morgan fingerprint density at radius 1 is 0.612 bits per heavy atom. The summed E-state index contributed by atoms with van der Waals surface area (Å²) >= 11 is 1.91. The number of anilines is 2. The van der Waals surface area contributed by atoms with E-state index in [1.54, 1.807) is 9.80 Å². The van der Waals surface area contributed by atoms with E-state index in [4.69, 9.17) is 36.8 Å². The molecule has 2 aromatic carbocycles. The number of halogens is 1. The number of nitrogens with two attached hydrogens (primary N) is 2. The van der Waals surface area contributed by atoms with Gasteiger partial charge >= 0.3 is 12.2 Å². The van der Waals surface area contributed by atoms with Crippen LogP contribution in [-0.4, -0.2) is 168 Å². The van der Waals surface area contributed by atoms with Crippen LogP contribution in [0.2, 0.25) is 0 Å². The third kappa shape index (κ3) is 15.0. The molecule has 4 aromatic heterocycles. The maximum absolute atomic E-state index is 12.5. The summed E-state index contributed by atoms with van der Waals surface area (Å²) in [5.74, 6) is 9.26. The van der Waals surface area contributed by atoms with Gasteiger partial charge in [0, 0.05) is 73.7 Å². The maximum atomic E-state index is 12.5. The van der Waals surface area contributed by atoms with Gasteiger partial charge < -0.3 is 71.3 Å². The SMILES string of the molecule is C#CCC1CCN(C(=O)OCc2ccccc2)CC1.Nc1nc(C#CCC2CCN(C(=O)OCc3ccccc3)CC2)nc2c1ncn2[C@@H]1O[C@H](C(=O)NC2CC2)C(O)[C@@H]1O.Nc1nc(I)nc2c1ncn2[C@@H]1O[C@H](C(=O)NC2CC2)C(O)[C@@H]1O. The summed E-state index contributed by atoms with van der Waals surface area (Å²) in [6.45, 7) is 3.29. The number of carbonyl (C=O) groups is 4. The number of nitrogens with one attached hydrogen (secondary N) is 2. The summed E-state index contributed by atoms with van der Waals surface area (Å²) in [4.78, 5) is 77.9. The summed E-state index contributed by atoms with van der Waals surface area (Å²) in [5, 5.41) is 47.2. The number of aromatic nitrogens is 8. The molecular formula is C58H67IN14O12. The number of piperidine rings is 2. The van der Waals surface area contributed by atoms with Gasteiger partial charge in [0.05, 0.1) is 12.7 Å². The Kier molecular flexibility index (Phi) is 19.5. The summed E-state index contributed by atoms with van der Waals surface area (Å²) in [6.07, 6.45) is 6.23. The number of aliphatic hydroxyl groups is 4. The summed E-state index contributed by atoms with van der Waals surface area (Å²) in [6, 6.07) is 19.5. The van der Waals surface area contributed by atoms with Gasteiger partial charge in [0.1, 0.15) is 48.7 Å². The highest BCUT2D eigenvalue weighted by molar-refractivity contribution is 14.1. The molecule has 26 nitrogen and oxygen atoms in total. The molecule has 4 amide bonds. The van der Waals surface area contributed by atoms with Crippen molar-refractivity contribution < 1.29 is 58.6 Å². The summed E-state index contributed by atoms with van der Waals surface area (Å²) in [5.41, 5.74) is 15.2. The third-order valence-corrected chi connectivity index (χ3v) is 15.9. The molecule has 4 aliphatic heterocycles. The van der Waals surface area contributed by atoms with E-state index in [9.17, 15) is 39.6 Å². The minimum Gasteiger partial charge on any atom is -0.445 e. The van der Waals surface area contributed by atoms with Crippen molar-refractivity contribution in [1.82, 2.24) is 59.5 Å². The van der Waals surface area contributed by atoms with Crippen LogP contribution in [0.15, 0.2) is 73.3 Å². The first kappa shape index (κ1) is 60.4. The molecule has 8 heterocycles. The number of imidazole rings is 2. The molecule has 448 valence electrons. The van der Waals surface area contributed by atoms with E-state index in [0.29, 0.717) is 58.5 Å². The predicted molar refractivity (Wildman–Crippen MR) is 313 cm³/mol. The molecule has 0 bridgehead atoms. The Bertz CT molecular complexity index is 3430. The lowest BCUT2D eigenvalue weighted by atomic mass is 9.94. The van der Waals surface area contributed by atoms with Crippen LogP contribution in [0.5, 0.6) is 0 Å². The van der Waals surface area contributed by atoms with Gasteiger partial charge in [-0.25, -0.2) is 39.5 Å². The predicted octanol–water partition coefficient (Wildman–Crippen LogP) is 3.07. The Labute approximate surface area is 502 Å². The molecule has 4 saturated heterocycles. The lowest BCUT2D eigenvalue weighted by Gasteiger charge is -2.30. The van der Waals surface area contributed by atoms with Crippen molar-refractivity contribution in [2.45, 2.75) is 139 Å². The van der Waals surface area contributed by atoms with Crippen molar-refractivity contribution in [3.63, 3.8) is 0 Å². The Balaban J connectivity index is 0.000000157. The van der Waals surface area contributed by atoms with Crippen molar-refractivity contribution in [2.75, 3.05) is 37.6 Å². The fourth-order valence-electron chi connectivity index (χ4n) is 10.2. The minimum absolute atomic E-state index is 0.0845. The molecule has 10 N–H and O–H groups in total. The van der Waals surface area contributed by atoms with E-state index in [1.807, 2.05) is 83.3 Å². The van der Waals surface area contributed by atoms with Gasteiger partial charge in [-0.3, -0.25) is 18.7 Å². The number of hydrogen-bond acceptors (Lipinski definition) is 20. The zero-order chi connectivity index (χ0) is 59.7. The van der Waals surface area contributed by atoms with Crippen LogP contribution in [0.4, 0.5) is 21.2 Å².